The summed E-state index contributed by atoms with van der Waals surface area (Å²) in [6.07, 6.45) is 3.38. The molecule has 2 rings (SSSR count). The highest BCUT2D eigenvalue weighted by Gasteiger charge is 2.02. The number of Topliss-reactive ketones (excluding diaryl/α,β-unsaturated/α-hetero) is 1. The molecule has 1 heterocycles. The number of aryl methyl sites for hydroxylation is 1. The van der Waals surface area contributed by atoms with Crippen LogP contribution in [0.5, 0.6) is 0 Å². The van der Waals surface area contributed by atoms with Gasteiger partial charge in [0.1, 0.15) is 0 Å². The normalized spacial score (nSPS) is 10.4. The molecule has 100 valence electrons. The van der Waals surface area contributed by atoms with Crippen LogP contribution in [0.3, 0.4) is 0 Å². The standard InChI is InChI=1S/C15H19N3O/c1-3-15(19)12-4-6-13(7-5-12)16-10-8-14-9-11-18(2)17-14/h4-7,9,11,16H,3,8,10H2,1-2H3. The highest BCUT2D eigenvalue weighted by atomic mass is 16.1. The second-order valence-corrected chi connectivity index (χ2v) is 4.51. The van der Waals surface area contributed by atoms with Gasteiger partial charge in [0.25, 0.3) is 0 Å². The summed E-state index contributed by atoms with van der Waals surface area (Å²) in [5, 5.41) is 7.65. The van der Waals surface area contributed by atoms with Crippen molar-refractivity contribution >= 4 is 11.5 Å². The van der Waals surface area contributed by atoms with Crippen molar-refractivity contribution in [3.05, 3.63) is 47.8 Å². The zero-order valence-electron chi connectivity index (χ0n) is 11.4. The first kappa shape index (κ1) is 13.3. The van der Waals surface area contributed by atoms with E-state index in [9.17, 15) is 4.79 Å². The Morgan fingerprint density at radius 2 is 2.00 bits per heavy atom. The minimum atomic E-state index is 0.181. The number of anilines is 1. The van der Waals surface area contributed by atoms with Gasteiger partial charge < -0.3 is 5.32 Å². The van der Waals surface area contributed by atoms with Gasteiger partial charge in [0.2, 0.25) is 0 Å². The topological polar surface area (TPSA) is 46.9 Å². The molecule has 0 atom stereocenters. The first-order valence-electron chi connectivity index (χ1n) is 6.54. The molecular formula is C15H19N3O. The van der Waals surface area contributed by atoms with Crippen molar-refractivity contribution in [1.82, 2.24) is 9.78 Å². The van der Waals surface area contributed by atoms with Crippen molar-refractivity contribution in [2.45, 2.75) is 19.8 Å². The van der Waals surface area contributed by atoms with Crippen LogP contribution in [0.1, 0.15) is 29.4 Å². The maximum absolute atomic E-state index is 11.5. The van der Waals surface area contributed by atoms with Crippen LogP contribution in [0.2, 0.25) is 0 Å². The van der Waals surface area contributed by atoms with Crippen molar-refractivity contribution < 1.29 is 4.79 Å². The SMILES string of the molecule is CCC(=O)c1ccc(NCCc2ccn(C)n2)cc1. The van der Waals surface area contributed by atoms with E-state index in [1.165, 1.54) is 0 Å². The molecule has 4 nitrogen and oxygen atoms in total. The van der Waals surface area contributed by atoms with Gasteiger partial charge in [0.05, 0.1) is 5.69 Å². The van der Waals surface area contributed by atoms with Crippen LogP contribution >= 0.6 is 0 Å². The van der Waals surface area contributed by atoms with Crippen molar-refractivity contribution in [3.8, 4) is 0 Å². The molecule has 0 bridgehead atoms. The molecule has 0 radical (unpaired) electrons. The number of benzene rings is 1. The summed E-state index contributed by atoms with van der Waals surface area (Å²) in [5.74, 6) is 0.181. The Bertz CT molecular complexity index is 543. The summed E-state index contributed by atoms with van der Waals surface area (Å²) < 4.78 is 1.81. The number of aromatic nitrogens is 2. The van der Waals surface area contributed by atoms with E-state index >= 15 is 0 Å². The number of carbonyl (C=O) groups excluding carboxylic acids is 1. The van der Waals surface area contributed by atoms with Crippen molar-refractivity contribution in [2.24, 2.45) is 7.05 Å². The van der Waals surface area contributed by atoms with Gasteiger partial charge in [-0.15, -0.1) is 0 Å². The van der Waals surface area contributed by atoms with Gasteiger partial charge in [-0.2, -0.15) is 5.10 Å². The molecule has 1 N–H and O–H groups in total. The van der Waals surface area contributed by atoms with Crippen LogP contribution < -0.4 is 5.32 Å². The van der Waals surface area contributed by atoms with Gasteiger partial charge in [-0.05, 0) is 30.3 Å². The summed E-state index contributed by atoms with van der Waals surface area (Å²) in [6, 6.07) is 9.65. The van der Waals surface area contributed by atoms with Crippen LogP contribution in [0.15, 0.2) is 36.5 Å². The lowest BCUT2D eigenvalue weighted by atomic mass is 10.1. The van der Waals surface area contributed by atoms with E-state index in [1.807, 2.05) is 50.5 Å². The number of nitrogens with one attached hydrogen (secondary N) is 1. The molecule has 0 unspecified atom stereocenters. The van der Waals surface area contributed by atoms with Crippen LogP contribution in [-0.2, 0) is 13.5 Å². The van der Waals surface area contributed by atoms with Crippen LogP contribution in [0, 0.1) is 0 Å². The Morgan fingerprint density at radius 3 is 2.58 bits per heavy atom. The molecule has 2 aromatic rings. The lowest BCUT2D eigenvalue weighted by Crippen LogP contribution is -2.06. The zero-order chi connectivity index (χ0) is 13.7. The summed E-state index contributed by atoms with van der Waals surface area (Å²) >= 11 is 0. The van der Waals surface area contributed by atoms with E-state index in [0.717, 1.165) is 29.9 Å². The second-order valence-electron chi connectivity index (χ2n) is 4.51. The largest absolute Gasteiger partial charge is 0.385 e. The Hall–Kier alpha value is -2.10. The van der Waals surface area contributed by atoms with E-state index < -0.39 is 0 Å². The van der Waals surface area contributed by atoms with E-state index in [1.54, 1.807) is 4.68 Å². The first-order chi connectivity index (χ1) is 9.19. The van der Waals surface area contributed by atoms with E-state index in [4.69, 9.17) is 0 Å². The minimum absolute atomic E-state index is 0.181. The molecule has 0 amide bonds. The molecule has 19 heavy (non-hydrogen) atoms. The third-order valence-corrected chi connectivity index (χ3v) is 3.01. The quantitative estimate of drug-likeness (QED) is 0.809. The summed E-state index contributed by atoms with van der Waals surface area (Å²) in [4.78, 5) is 11.5. The minimum Gasteiger partial charge on any atom is -0.385 e. The molecular weight excluding hydrogens is 238 g/mol. The average Bonchev–Trinajstić information content (AvgIpc) is 2.84. The number of rotatable bonds is 6. The smallest absolute Gasteiger partial charge is 0.162 e. The molecule has 0 aliphatic rings. The maximum Gasteiger partial charge on any atom is 0.162 e. The van der Waals surface area contributed by atoms with Gasteiger partial charge in [0.15, 0.2) is 5.78 Å². The maximum atomic E-state index is 11.5. The van der Waals surface area contributed by atoms with E-state index in [-0.39, 0.29) is 5.78 Å². The van der Waals surface area contributed by atoms with Crippen molar-refractivity contribution in [3.63, 3.8) is 0 Å². The Balaban J connectivity index is 1.84. The predicted molar refractivity (Wildman–Crippen MR) is 76.5 cm³/mol. The molecule has 1 aromatic heterocycles. The van der Waals surface area contributed by atoms with E-state index in [2.05, 4.69) is 10.4 Å². The molecule has 1 aromatic carbocycles. The third-order valence-electron chi connectivity index (χ3n) is 3.01. The highest BCUT2D eigenvalue weighted by molar-refractivity contribution is 5.96. The monoisotopic (exact) mass is 257 g/mol. The molecule has 0 aliphatic heterocycles. The van der Waals surface area contributed by atoms with Gasteiger partial charge in [-0.3, -0.25) is 9.48 Å². The Labute approximate surface area is 113 Å². The van der Waals surface area contributed by atoms with Crippen molar-refractivity contribution in [1.29, 1.82) is 0 Å². The molecule has 0 saturated heterocycles. The molecule has 0 aliphatic carbocycles. The fraction of sp³-hybridized carbons (Fsp3) is 0.333. The van der Waals surface area contributed by atoms with Gasteiger partial charge in [-0.25, -0.2) is 0 Å². The van der Waals surface area contributed by atoms with Gasteiger partial charge in [-0.1, -0.05) is 6.92 Å². The second kappa shape index (κ2) is 6.18. The fourth-order valence-corrected chi connectivity index (χ4v) is 1.91. The van der Waals surface area contributed by atoms with Crippen LogP contribution in [-0.4, -0.2) is 22.1 Å². The Kier molecular flexibility index (Phi) is 4.34. The number of hydrogen-bond acceptors (Lipinski definition) is 3. The molecule has 0 saturated carbocycles. The lowest BCUT2D eigenvalue weighted by molar-refractivity contribution is 0.0988. The number of carbonyl (C=O) groups is 1. The number of nitrogens with zero attached hydrogens (tertiary/aromatic N) is 2. The Morgan fingerprint density at radius 1 is 1.26 bits per heavy atom. The molecule has 0 fully saturated rings. The van der Waals surface area contributed by atoms with Crippen LogP contribution in [0.4, 0.5) is 5.69 Å². The number of ketones is 1. The summed E-state index contributed by atoms with van der Waals surface area (Å²) in [7, 11) is 1.92. The highest BCUT2D eigenvalue weighted by Crippen LogP contribution is 2.11. The molecule has 0 spiro atoms. The summed E-state index contributed by atoms with van der Waals surface area (Å²) in [5.41, 5.74) is 2.88. The van der Waals surface area contributed by atoms with Crippen LogP contribution in [0.25, 0.3) is 0 Å². The van der Waals surface area contributed by atoms with Gasteiger partial charge in [0, 0.05) is 43.9 Å². The number of hydrogen-bond donors (Lipinski definition) is 1. The van der Waals surface area contributed by atoms with Crippen molar-refractivity contribution in [2.75, 3.05) is 11.9 Å². The van der Waals surface area contributed by atoms with E-state index in [0.29, 0.717) is 6.42 Å². The average molecular weight is 257 g/mol. The predicted octanol–water partition coefficient (Wildman–Crippen LogP) is 2.67. The molecule has 4 heteroatoms. The summed E-state index contributed by atoms with van der Waals surface area (Å²) in [6.45, 7) is 2.71. The first-order valence-corrected chi connectivity index (χ1v) is 6.54. The van der Waals surface area contributed by atoms with Gasteiger partial charge >= 0.3 is 0 Å². The lowest BCUT2D eigenvalue weighted by Gasteiger charge is -2.06. The third kappa shape index (κ3) is 3.68. The zero-order valence-corrected chi connectivity index (χ0v) is 11.4. The fourth-order valence-electron chi connectivity index (χ4n) is 1.91.